The summed E-state index contributed by atoms with van der Waals surface area (Å²) in [4.78, 5) is 0. The van der Waals surface area contributed by atoms with E-state index in [1.165, 1.54) is 0 Å². The van der Waals surface area contributed by atoms with Crippen LogP contribution in [0.2, 0.25) is 0 Å². The van der Waals surface area contributed by atoms with Crippen LogP contribution in [-0.2, 0) is 0 Å². The lowest BCUT2D eigenvalue weighted by Crippen LogP contribution is -2.31. The summed E-state index contributed by atoms with van der Waals surface area (Å²) in [5, 5.41) is 10.4. The van der Waals surface area contributed by atoms with Crippen LogP contribution in [0.3, 0.4) is 0 Å². The molecule has 0 aromatic heterocycles. The third-order valence-electron chi connectivity index (χ3n) is 2.36. The average Bonchev–Trinajstić information content (AvgIpc) is 2.29. The molecule has 0 saturated heterocycles. The van der Waals surface area contributed by atoms with Crippen molar-refractivity contribution in [2.75, 3.05) is 0 Å². The van der Waals surface area contributed by atoms with Gasteiger partial charge in [0.15, 0.2) is 0 Å². The first kappa shape index (κ1) is 13.2. The number of terminal acetylenes is 1. The van der Waals surface area contributed by atoms with Crippen molar-refractivity contribution in [2.24, 2.45) is 10.3 Å². The van der Waals surface area contributed by atoms with Gasteiger partial charge in [0.25, 0.3) is 0 Å². The van der Waals surface area contributed by atoms with Gasteiger partial charge in [-0.25, -0.2) is 0 Å². The van der Waals surface area contributed by atoms with E-state index in [4.69, 9.17) is 6.42 Å². The maximum atomic E-state index is 5.29. The molecule has 0 N–H and O–H groups in total. The molecule has 90 valence electrons. The molecule has 0 aliphatic carbocycles. The molecule has 0 atom stereocenters. The van der Waals surface area contributed by atoms with Gasteiger partial charge < -0.3 is 0 Å². The smallest absolute Gasteiger partial charge is 0.0875 e. The van der Waals surface area contributed by atoms with Gasteiger partial charge in [-0.1, -0.05) is 11.1 Å². The van der Waals surface area contributed by atoms with Crippen LogP contribution in [0.4, 0.5) is 5.69 Å². The van der Waals surface area contributed by atoms with Crippen LogP contribution in [0.15, 0.2) is 34.6 Å². The summed E-state index contributed by atoms with van der Waals surface area (Å²) in [6.45, 7) is 8.39. The lowest BCUT2D eigenvalue weighted by Gasteiger charge is -2.25. The Morgan fingerprint density at radius 1 is 1.06 bits per heavy atom. The molecule has 17 heavy (non-hydrogen) atoms. The minimum absolute atomic E-state index is 0.337. The Bertz CT molecular complexity index is 402. The highest BCUT2D eigenvalue weighted by Crippen LogP contribution is 2.15. The fraction of sp³-hybridized carbons (Fsp3) is 0.429. The van der Waals surface area contributed by atoms with Crippen LogP contribution < -0.4 is 0 Å². The van der Waals surface area contributed by atoms with E-state index in [-0.39, 0.29) is 0 Å². The van der Waals surface area contributed by atoms with Gasteiger partial charge in [-0.05, 0) is 52.0 Å². The summed E-state index contributed by atoms with van der Waals surface area (Å²) in [7, 11) is 0. The predicted octanol–water partition coefficient (Wildman–Crippen LogP) is 3.79. The number of rotatable bonds is 4. The molecule has 0 aliphatic rings. The van der Waals surface area contributed by atoms with E-state index in [2.05, 4.69) is 44.0 Å². The van der Waals surface area contributed by atoms with Crippen molar-refractivity contribution < 1.29 is 0 Å². The Morgan fingerprint density at radius 2 is 1.59 bits per heavy atom. The molecule has 0 radical (unpaired) electrons. The molecule has 0 saturated carbocycles. The molecule has 3 nitrogen and oxygen atoms in total. The zero-order valence-electron chi connectivity index (χ0n) is 10.9. The second-order valence-corrected chi connectivity index (χ2v) is 4.45. The first-order valence-electron chi connectivity index (χ1n) is 5.81. The molecular formula is C14H19N3. The first-order valence-corrected chi connectivity index (χ1v) is 5.81. The molecule has 3 heteroatoms. The molecule has 0 fully saturated rings. The van der Waals surface area contributed by atoms with Gasteiger partial charge in [-0.3, -0.25) is 5.01 Å². The second kappa shape index (κ2) is 6.05. The summed E-state index contributed by atoms with van der Waals surface area (Å²) in [5.41, 5.74) is 1.67. The van der Waals surface area contributed by atoms with E-state index in [1.807, 2.05) is 29.3 Å². The van der Waals surface area contributed by atoms with Gasteiger partial charge in [0.2, 0.25) is 0 Å². The second-order valence-electron chi connectivity index (χ2n) is 4.45. The zero-order valence-corrected chi connectivity index (χ0v) is 10.9. The molecule has 1 rings (SSSR count). The standard InChI is InChI=1S/C14H19N3/c1-6-13-7-9-14(10-8-13)15-16-17(11(2)3)12(4)5/h1,7-12H,2-5H3. The van der Waals surface area contributed by atoms with Crippen molar-refractivity contribution in [3.05, 3.63) is 29.8 Å². The number of hydrogen-bond donors (Lipinski definition) is 0. The highest BCUT2D eigenvalue weighted by atomic mass is 15.6. The van der Waals surface area contributed by atoms with Crippen molar-refractivity contribution in [3.63, 3.8) is 0 Å². The fourth-order valence-corrected chi connectivity index (χ4v) is 1.53. The number of nitrogens with zero attached hydrogens (tertiary/aromatic N) is 3. The Kier molecular flexibility index (Phi) is 4.71. The van der Waals surface area contributed by atoms with Crippen LogP contribution in [0.25, 0.3) is 0 Å². The van der Waals surface area contributed by atoms with Crippen molar-refractivity contribution in [2.45, 2.75) is 39.8 Å². The average molecular weight is 229 g/mol. The third kappa shape index (κ3) is 3.92. The zero-order chi connectivity index (χ0) is 12.8. The SMILES string of the molecule is C#Cc1ccc(N=NN(C(C)C)C(C)C)cc1. The first-order chi connectivity index (χ1) is 8.04. The summed E-state index contributed by atoms with van der Waals surface area (Å²) in [6.07, 6.45) is 5.29. The van der Waals surface area contributed by atoms with Crippen LogP contribution in [0.5, 0.6) is 0 Å². The molecule has 0 heterocycles. The van der Waals surface area contributed by atoms with Gasteiger partial charge in [0.1, 0.15) is 0 Å². The van der Waals surface area contributed by atoms with Crippen LogP contribution in [0, 0.1) is 12.3 Å². The van der Waals surface area contributed by atoms with E-state index in [1.54, 1.807) is 0 Å². The Balaban J connectivity index is 2.78. The van der Waals surface area contributed by atoms with Gasteiger partial charge >= 0.3 is 0 Å². The predicted molar refractivity (Wildman–Crippen MR) is 71.0 cm³/mol. The number of hydrogen-bond acceptors (Lipinski definition) is 2. The molecule has 0 amide bonds. The van der Waals surface area contributed by atoms with E-state index >= 15 is 0 Å². The molecule has 0 aliphatic heterocycles. The third-order valence-corrected chi connectivity index (χ3v) is 2.36. The molecule has 0 spiro atoms. The topological polar surface area (TPSA) is 28.0 Å². The van der Waals surface area contributed by atoms with Crippen molar-refractivity contribution in [1.82, 2.24) is 5.01 Å². The van der Waals surface area contributed by atoms with E-state index in [0.29, 0.717) is 12.1 Å². The maximum absolute atomic E-state index is 5.29. The van der Waals surface area contributed by atoms with E-state index in [9.17, 15) is 0 Å². The molecule has 0 unspecified atom stereocenters. The molecule has 1 aromatic carbocycles. The van der Waals surface area contributed by atoms with Gasteiger partial charge in [-0.2, -0.15) is 0 Å². The lowest BCUT2D eigenvalue weighted by molar-refractivity contribution is 0.169. The van der Waals surface area contributed by atoms with Crippen molar-refractivity contribution in [1.29, 1.82) is 0 Å². The quantitative estimate of drug-likeness (QED) is 0.438. The fourth-order valence-electron chi connectivity index (χ4n) is 1.53. The lowest BCUT2D eigenvalue weighted by atomic mass is 10.2. The van der Waals surface area contributed by atoms with Gasteiger partial charge in [0, 0.05) is 17.6 Å². The monoisotopic (exact) mass is 229 g/mol. The molecular weight excluding hydrogens is 210 g/mol. The Hall–Kier alpha value is -1.82. The Morgan fingerprint density at radius 3 is 2.00 bits per heavy atom. The van der Waals surface area contributed by atoms with Crippen LogP contribution >= 0.6 is 0 Å². The van der Waals surface area contributed by atoms with Crippen LogP contribution in [-0.4, -0.2) is 17.1 Å². The summed E-state index contributed by atoms with van der Waals surface area (Å²) >= 11 is 0. The Labute approximate surface area is 104 Å². The normalized spacial score (nSPS) is 11.1. The van der Waals surface area contributed by atoms with Gasteiger partial charge in [0.05, 0.1) is 5.69 Å². The summed E-state index contributed by atoms with van der Waals surface area (Å²) in [5.74, 6) is 2.57. The van der Waals surface area contributed by atoms with Gasteiger partial charge in [-0.15, -0.1) is 11.5 Å². The largest absolute Gasteiger partial charge is 0.273 e. The molecule has 0 bridgehead atoms. The minimum atomic E-state index is 0.337. The van der Waals surface area contributed by atoms with E-state index in [0.717, 1.165) is 11.3 Å². The van der Waals surface area contributed by atoms with Crippen molar-refractivity contribution >= 4 is 5.69 Å². The van der Waals surface area contributed by atoms with Crippen LogP contribution in [0.1, 0.15) is 33.3 Å². The summed E-state index contributed by atoms with van der Waals surface area (Å²) in [6, 6.07) is 8.15. The maximum Gasteiger partial charge on any atom is 0.0875 e. The van der Waals surface area contributed by atoms with Crippen molar-refractivity contribution in [3.8, 4) is 12.3 Å². The minimum Gasteiger partial charge on any atom is -0.273 e. The summed E-state index contributed by atoms with van der Waals surface area (Å²) < 4.78 is 0. The highest BCUT2D eigenvalue weighted by Gasteiger charge is 2.10. The van der Waals surface area contributed by atoms with E-state index < -0.39 is 0 Å². The number of benzene rings is 1. The molecule has 1 aromatic rings. The highest BCUT2D eigenvalue weighted by molar-refractivity contribution is 5.43.